The second-order valence-corrected chi connectivity index (χ2v) is 7.91. The normalized spacial score (nSPS) is 32.2. The summed E-state index contributed by atoms with van der Waals surface area (Å²) < 4.78 is 22.4. The van der Waals surface area contributed by atoms with Crippen LogP contribution in [0, 0.1) is 5.92 Å². The number of hydrogen-bond acceptors (Lipinski definition) is 6. The van der Waals surface area contributed by atoms with E-state index in [-0.39, 0.29) is 24.1 Å². The molecule has 6 heteroatoms. The Morgan fingerprint density at radius 2 is 2.19 bits per heavy atom. The minimum Gasteiger partial charge on any atom is -0.465 e. The van der Waals surface area contributed by atoms with Gasteiger partial charge in [-0.05, 0) is 44.7 Å². The van der Waals surface area contributed by atoms with Crippen molar-refractivity contribution in [1.82, 2.24) is 0 Å². The Labute approximate surface area is 158 Å². The van der Waals surface area contributed by atoms with E-state index in [9.17, 15) is 9.59 Å². The third kappa shape index (κ3) is 3.23. The van der Waals surface area contributed by atoms with Crippen molar-refractivity contribution in [1.29, 1.82) is 0 Å². The highest BCUT2D eigenvalue weighted by atomic mass is 16.6. The summed E-state index contributed by atoms with van der Waals surface area (Å²) >= 11 is 0. The Balaban J connectivity index is 1.72. The number of fused-ring (bicyclic) bond motifs is 5. The fourth-order valence-electron chi connectivity index (χ4n) is 4.06. The first-order valence-electron chi connectivity index (χ1n) is 9.26. The van der Waals surface area contributed by atoms with E-state index in [1.165, 1.54) is 7.11 Å². The van der Waals surface area contributed by atoms with Crippen LogP contribution in [0.2, 0.25) is 0 Å². The quantitative estimate of drug-likeness (QED) is 0.448. The van der Waals surface area contributed by atoms with Crippen LogP contribution < -0.4 is 0 Å². The lowest BCUT2D eigenvalue weighted by atomic mass is 9.89. The molecule has 4 atom stereocenters. The molecule has 4 bridgehead atoms. The molecule has 0 amide bonds. The SMILES string of the molecule is C=C(C)[C@H]1CCC2=C[C@H](C[C@@]3(C)O[C@H]3c3cc(C(=O)OC)c(o3)C1)OC2=O. The average molecular weight is 372 g/mol. The molecule has 4 heterocycles. The van der Waals surface area contributed by atoms with Crippen LogP contribution in [-0.4, -0.2) is 30.8 Å². The Morgan fingerprint density at radius 3 is 2.89 bits per heavy atom. The molecule has 0 unspecified atom stereocenters. The molecule has 0 saturated carbocycles. The van der Waals surface area contributed by atoms with Gasteiger partial charge < -0.3 is 18.6 Å². The van der Waals surface area contributed by atoms with Crippen molar-refractivity contribution in [2.24, 2.45) is 5.92 Å². The Kier molecular flexibility index (Phi) is 4.26. The van der Waals surface area contributed by atoms with Crippen molar-refractivity contribution in [3.63, 3.8) is 0 Å². The molecule has 0 radical (unpaired) electrons. The van der Waals surface area contributed by atoms with Gasteiger partial charge in [-0.1, -0.05) is 12.2 Å². The first-order chi connectivity index (χ1) is 12.8. The molecule has 3 aliphatic rings. The molecule has 3 aliphatic heterocycles. The zero-order chi connectivity index (χ0) is 19.3. The number of epoxide rings is 1. The van der Waals surface area contributed by atoms with Crippen LogP contribution in [0.1, 0.15) is 61.1 Å². The monoisotopic (exact) mass is 372 g/mol. The number of rotatable bonds is 2. The number of carbonyl (C=O) groups excluding carboxylic acids is 2. The zero-order valence-corrected chi connectivity index (χ0v) is 15.9. The van der Waals surface area contributed by atoms with E-state index >= 15 is 0 Å². The predicted molar refractivity (Wildman–Crippen MR) is 96.1 cm³/mol. The molecule has 1 fully saturated rings. The molecular weight excluding hydrogens is 348 g/mol. The number of furan rings is 1. The summed E-state index contributed by atoms with van der Waals surface area (Å²) in [5.41, 5.74) is 1.64. The van der Waals surface area contributed by atoms with E-state index in [1.807, 2.05) is 19.9 Å². The molecule has 0 spiro atoms. The first-order valence-corrected chi connectivity index (χ1v) is 9.26. The maximum absolute atomic E-state index is 12.2. The van der Waals surface area contributed by atoms with Crippen molar-refractivity contribution in [3.8, 4) is 0 Å². The summed E-state index contributed by atoms with van der Waals surface area (Å²) in [6, 6.07) is 1.72. The molecule has 1 aromatic heterocycles. The van der Waals surface area contributed by atoms with Crippen molar-refractivity contribution in [2.75, 3.05) is 7.11 Å². The van der Waals surface area contributed by atoms with Gasteiger partial charge in [0.05, 0.1) is 7.11 Å². The van der Waals surface area contributed by atoms with Crippen molar-refractivity contribution in [3.05, 3.63) is 47.0 Å². The molecule has 0 N–H and O–H groups in total. The molecule has 27 heavy (non-hydrogen) atoms. The van der Waals surface area contributed by atoms with Crippen LogP contribution >= 0.6 is 0 Å². The third-order valence-corrected chi connectivity index (χ3v) is 5.78. The van der Waals surface area contributed by atoms with Crippen LogP contribution in [0.5, 0.6) is 0 Å². The highest BCUT2D eigenvalue weighted by Gasteiger charge is 2.57. The summed E-state index contributed by atoms with van der Waals surface area (Å²) in [6.45, 7) is 8.00. The topological polar surface area (TPSA) is 78.3 Å². The minimum absolute atomic E-state index is 0.0763. The lowest BCUT2D eigenvalue weighted by Gasteiger charge is -2.16. The van der Waals surface area contributed by atoms with Crippen LogP contribution in [0.25, 0.3) is 0 Å². The molecule has 0 aliphatic carbocycles. The molecule has 1 aromatic rings. The number of carbonyl (C=O) groups is 2. The van der Waals surface area contributed by atoms with Gasteiger partial charge in [0.15, 0.2) is 0 Å². The van der Waals surface area contributed by atoms with Crippen LogP contribution in [0.3, 0.4) is 0 Å². The largest absolute Gasteiger partial charge is 0.465 e. The number of hydrogen-bond donors (Lipinski definition) is 0. The smallest absolute Gasteiger partial charge is 0.341 e. The minimum atomic E-state index is -0.485. The number of ether oxygens (including phenoxy) is 3. The predicted octanol–water partition coefficient (Wildman–Crippen LogP) is 3.67. The second-order valence-electron chi connectivity index (χ2n) is 7.91. The fourth-order valence-corrected chi connectivity index (χ4v) is 4.06. The molecule has 0 aromatic carbocycles. The lowest BCUT2D eigenvalue weighted by Crippen LogP contribution is -2.18. The van der Waals surface area contributed by atoms with E-state index in [0.29, 0.717) is 41.9 Å². The summed E-state index contributed by atoms with van der Waals surface area (Å²) in [7, 11) is 1.36. The number of methoxy groups -OCH3 is 1. The number of allylic oxidation sites excluding steroid dienone is 1. The van der Waals surface area contributed by atoms with Gasteiger partial charge in [-0.3, -0.25) is 0 Å². The van der Waals surface area contributed by atoms with Gasteiger partial charge in [0.1, 0.15) is 34.9 Å². The van der Waals surface area contributed by atoms with Crippen LogP contribution in [-0.2, 0) is 25.4 Å². The Morgan fingerprint density at radius 1 is 1.41 bits per heavy atom. The highest BCUT2D eigenvalue weighted by Crippen LogP contribution is 2.54. The molecular formula is C21H24O6. The average Bonchev–Trinajstić information content (AvgIpc) is 2.94. The number of esters is 2. The molecule has 1 saturated heterocycles. The molecule has 4 rings (SSSR count). The van der Waals surface area contributed by atoms with Gasteiger partial charge in [0, 0.05) is 18.4 Å². The first kappa shape index (κ1) is 18.0. The summed E-state index contributed by atoms with van der Waals surface area (Å²) in [4.78, 5) is 24.4. The Hall–Kier alpha value is -2.34. The van der Waals surface area contributed by atoms with E-state index in [4.69, 9.17) is 18.6 Å². The standard InChI is InChI=1S/C21H24O6/c1-11(2)12-5-6-13-7-14(25-19(13)22)10-21(3)18(27-21)17-9-15(20(23)24-4)16(8-12)26-17/h7,9,12,14,18H,1,5-6,8,10H2,2-4H3/t12-,14+,18-,21+/m0/s1. The maximum atomic E-state index is 12.2. The van der Waals surface area contributed by atoms with Crippen molar-refractivity contribution >= 4 is 11.9 Å². The Bertz CT molecular complexity index is 847. The third-order valence-electron chi connectivity index (χ3n) is 5.78. The van der Waals surface area contributed by atoms with Gasteiger partial charge in [-0.25, -0.2) is 9.59 Å². The zero-order valence-electron chi connectivity index (χ0n) is 15.9. The van der Waals surface area contributed by atoms with Crippen molar-refractivity contribution in [2.45, 2.75) is 57.3 Å². The van der Waals surface area contributed by atoms with Gasteiger partial charge in [0.25, 0.3) is 0 Å². The summed E-state index contributed by atoms with van der Waals surface area (Å²) in [5.74, 6) is 0.611. The van der Waals surface area contributed by atoms with Gasteiger partial charge >= 0.3 is 11.9 Å². The highest BCUT2D eigenvalue weighted by molar-refractivity contribution is 5.91. The second kappa shape index (κ2) is 6.37. The summed E-state index contributed by atoms with van der Waals surface area (Å²) in [5, 5.41) is 0. The molecule has 144 valence electrons. The van der Waals surface area contributed by atoms with Gasteiger partial charge in [-0.2, -0.15) is 0 Å². The van der Waals surface area contributed by atoms with Crippen LogP contribution in [0.4, 0.5) is 0 Å². The van der Waals surface area contributed by atoms with Gasteiger partial charge in [0.2, 0.25) is 0 Å². The van der Waals surface area contributed by atoms with E-state index in [0.717, 1.165) is 12.0 Å². The van der Waals surface area contributed by atoms with Crippen molar-refractivity contribution < 1.29 is 28.2 Å². The van der Waals surface area contributed by atoms with E-state index in [2.05, 4.69) is 6.58 Å². The maximum Gasteiger partial charge on any atom is 0.341 e. The van der Waals surface area contributed by atoms with E-state index < -0.39 is 11.6 Å². The lowest BCUT2D eigenvalue weighted by molar-refractivity contribution is -0.140. The fraction of sp³-hybridized carbons (Fsp3) is 0.524. The van der Waals surface area contributed by atoms with Gasteiger partial charge in [-0.15, -0.1) is 0 Å². The van der Waals surface area contributed by atoms with E-state index in [1.54, 1.807) is 6.07 Å². The van der Waals surface area contributed by atoms with Crippen LogP contribution in [0.15, 0.2) is 34.3 Å². The molecule has 6 nitrogen and oxygen atoms in total. The summed E-state index contributed by atoms with van der Waals surface area (Å²) in [6.07, 6.45) is 3.78.